The van der Waals surface area contributed by atoms with Gasteiger partial charge in [-0.3, -0.25) is 4.79 Å². The monoisotopic (exact) mass is 499 g/mol. The van der Waals surface area contributed by atoms with E-state index in [0.717, 1.165) is 54.6 Å². The van der Waals surface area contributed by atoms with Crippen molar-refractivity contribution in [3.8, 4) is 11.8 Å². The van der Waals surface area contributed by atoms with Crippen molar-refractivity contribution in [2.75, 3.05) is 0 Å². The van der Waals surface area contributed by atoms with Crippen molar-refractivity contribution in [3.05, 3.63) is 71.3 Å². The average Bonchev–Trinajstić information content (AvgIpc) is 2.86. The molecule has 0 unspecified atom stereocenters. The highest BCUT2D eigenvalue weighted by atomic mass is 16.3. The molecule has 2 atom stereocenters. The van der Waals surface area contributed by atoms with Crippen molar-refractivity contribution in [1.29, 1.82) is 0 Å². The van der Waals surface area contributed by atoms with Gasteiger partial charge in [-0.1, -0.05) is 67.3 Å². The van der Waals surface area contributed by atoms with Crippen LogP contribution >= 0.6 is 0 Å². The predicted octanol–water partition coefficient (Wildman–Crippen LogP) is 6.93. The highest BCUT2D eigenvalue weighted by molar-refractivity contribution is 5.93. The van der Waals surface area contributed by atoms with E-state index in [0.29, 0.717) is 0 Å². The first-order valence-corrected chi connectivity index (χ1v) is 14.4. The number of hydrogen-bond acceptors (Lipinski definition) is 2. The number of amides is 1. The SMILES string of the molecule is C/C(=C\CCC#C/C=C/[C@@H](C)[C@@H](O)/C(C)=C/CCc1ccccc1)C(=O)NC12CC3CC(CC(C3)C1)C2. The second-order valence-electron chi connectivity index (χ2n) is 12.0. The Morgan fingerprint density at radius 2 is 1.70 bits per heavy atom. The molecular weight excluding hydrogens is 454 g/mol. The first-order valence-electron chi connectivity index (χ1n) is 14.4. The molecule has 4 fully saturated rings. The van der Waals surface area contributed by atoms with Gasteiger partial charge in [0.25, 0.3) is 0 Å². The van der Waals surface area contributed by atoms with E-state index in [9.17, 15) is 9.90 Å². The second kappa shape index (κ2) is 12.8. The quantitative estimate of drug-likeness (QED) is 0.159. The van der Waals surface area contributed by atoms with Gasteiger partial charge in [-0.25, -0.2) is 0 Å². The Morgan fingerprint density at radius 1 is 1.05 bits per heavy atom. The normalized spacial score (nSPS) is 28.6. The summed E-state index contributed by atoms with van der Waals surface area (Å²) in [5.41, 5.74) is 3.22. The Balaban J connectivity index is 1.16. The van der Waals surface area contributed by atoms with Gasteiger partial charge in [0, 0.05) is 23.5 Å². The molecule has 37 heavy (non-hydrogen) atoms. The molecule has 0 spiro atoms. The molecule has 4 aliphatic rings. The molecule has 4 bridgehead atoms. The fraction of sp³-hybridized carbons (Fsp3) is 0.559. The average molecular weight is 500 g/mol. The van der Waals surface area contributed by atoms with Gasteiger partial charge in [-0.15, -0.1) is 0 Å². The van der Waals surface area contributed by atoms with E-state index in [1.807, 2.05) is 45.1 Å². The highest BCUT2D eigenvalue weighted by Crippen LogP contribution is 2.55. The summed E-state index contributed by atoms with van der Waals surface area (Å²) in [4.78, 5) is 12.9. The van der Waals surface area contributed by atoms with Crippen LogP contribution in [0.5, 0.6) is 0 Å². The van der Waals surface area contributed by atoms with E-state index in [1.54, 1.807) is 0 Å². The van der Waals surface area contributed by atoms with Crippen LogP contribution in [0.3, 0.4) is 0 Å². The molecule has 4 aliphatic carbocycles. The number of nitrogens with one attached hydrogen (secondary N) is 1. The molecule has 5 rings (SSSR count). The largest absolute Gasteiger partial charge is 0.388 e. The van der Waals surface area contributed by atoms with Crippen LogP contribution in [0, 0.1) is 35.5 Å². The van der Waals surface area contributed by atoms with Gasteiger partial charge in [-0.05, 0) is 107 Å². The number of aryl methyl sites for hydroxylation is 1. The first-order chi connectivity index (χ1) is 17.8. The molecule has 0 radical (unpaired) electrons. The summed E-state index contributed by atoms with van der Waals surface area (Å²) in [6.07, 6.45) is 18.6. The van der Waals surface area contributed by atoms with Crippen molar-refractivity contribution in [2.45, 2.75) is 96.6 Å². The van der Waals surface area contributed by atoms with E-state index < -0.39 is 6.10 Å². The van der Waals surface area contributed by atoms with Gasteiger partial charge in [-0.2, -0.15) is 0 Å². The maximum atomic E-state index is 12.9. The molecule has 4 saturated carbocycles. The summed E-state index contributed by atoms with van der Waals surface area (Å²) in [5.74, 6) is 8.90. The summed E-state index contributed by atoms with van der Waals surface area (Å²) in [7, 11) is 0. The Bertz CT molecular complexity index is 1030. The van der Waals surface area contributed by atoms with Gasteiger partial charge in [0.15, 0.2) is 0 Å². The van der Waals surface area contributed by atoms with Crippen molar-refractivity contribution < 1.29 is 9.90 Å². The first kappa shape index (κ1) is 27.5. The second-order valence-corrected chi connectivity index (χ2v) is 12.0. The molecule has 1 amide bonds. The maximum absolute atomic E-state index is 12.9. The third-order valence-corrected chi connectivity index (χ3v) is 8.79. The van der Waals surface area contributed by atoms with Gasteiger partial charge in [0.05, 0.1) is 6.10 Å². The minimum atomic E-state index is -0.494. The molecule has 0 saturated heterocycles. The number of unbranched alkanes of at least 4 members (excludes halogenated alkanes) is 1. The Hall–Kier alpha value is -2.57. The van der Waals surface area contributed by atoms with Crippen molar-refractivity contribution in [1.82, 2.24) is 5.32 Å². The number of carbonyl (C=O) groups is 1. The molecular formula is C34H45NO2. The van der Waals surface area contributed by atoms with E-state index in [1.165, 1.54) is 44.1 Å². The van der Waals surface area contributed by atoms with Gasteiger partial charge in [0.2, 0.25) is 5.91 Å². The van der Waals surface area contributed by atoms with Gasteiger partial charge in [0.1, 0.15) is 0 Å². The lowest BCUT2D eigenvalue weighted by Gasteiger charge is -2.56. The van der Waals surface area contributed by atoms with E-state index in [2.05, 4.69) is 47.5 Å². The molecule has 1 aromatic rings. The smallest absolute Gasteiger partial charge is 0.247 e. The predicted molar refractivity (Wildman–Crippen MR) is 153 cm³/mol. The van der Waals surface area contributed by atoms with Crippen molar-refractivity contribution >= 4 is 5.91 Å². The lowest BCUT2D eigenvalue weighted by molar-refractivity contribution is -0.123. The molecule has 1 aromatic carbocycles. The van der Waals surface area contributed by atoms with Crippen molar-refractivity contribution in [3.63, 3.8) is 0 Å². The van der Waals surface area contributed by atoms with Crippen LogP contribution in [0.15, 0.2) is 65.8 Å². The summed E-state index contributed by atoms with van der Waals surface area (Å²) in [5, 5.41) is 14.1. The molecule has 198 valence electrons. The Labute approximate surface area is 224 Å². The molecule has 2 N–H and O–H groups in total. The number of allylic oxidation sites excluding steroid dienone is 3. The minimum absolute atomic E-state index is 0.0118. The fourth-order valence-electron chi connectivity index (χ4n) is 7.14. The van der Waals surface area contributed by atoms with Crippen LogP contribution < -0.4 is 5.32 Å². The summed E-state index contributed by atoms with van der Waals surface area (Å²) < 4.78 is 0. The molecule has 3 heteroatoms. The summed E-state index contributed by atoms with van der Waals surface area (Å²) in [6.45, 7) is 5.95. The zero-order chi connectivity index (χ0) is 26.3. The lowest BCUT2D eigenvalue weighted by atomic mass is 9.53. The van der Waals surface area contributed by atoms with Crippen LogP contribution in [-0.2, 0) is 11.2 Å². The number of aliphatic hydroxyl groups is 1. The third-order valence-electron chi connectivity index (χ3n) is 8.79. The van der Waals surface area contributed by atoms with Crippen LogP contribution in [0.2, 0.25) is 0 Å². The van der Waals surface area contributed by atoms with Crippen molar-refractivity contribution in [2.24, 2.45) is 23.7 Å². The van der Waals surface area contributed by atoms with Crippen LogP contribution in [0.25, 0.3) is 0 Å². The standard InChI is InChI=1S/C34H45NO2/c1-25(32(36)26(2)15-12-18-28-16-10-7-11-17-28)13-8-5-4-6-9-14-27(3)33(37)35-34-22-29-19-30(23-34)21-31(20-29)24-34/h7-8,10-11,13-17,25,29-32,36H,6,9,12,18-24H2,1-3H3,(H,35,37)/b13-8+,26-15+,27-14+/t25-,29?,30?,31?,32-,34?/m1/s1. The van der Waals surface area contributed by atoms with Crippen LogP contribution in [0.4, 0.5) is 0 Å². The number of hydrogen-bond donors (Lipinski definition) is 2. The molecule has 0 aliphatic heterocycles. The number of rotatable bonds is 10. The summed E-state index contributed by atoms with van der Waals surface area (Å²) >= 11 is 0. The molecule has 3 nitrogen and oxygen atoms in total. The minimum Gasteiger partial charge on any atom is -0.388 e. The van der Waals surface area contributed by atoms with E-state index in [4.69, 9.17) is 0 Å². The summed E-state index contributed by atoms with van der Waals surface area (Å²) in [6, 6.07) is 10.4. The third kappa shape index (κ3) is 7.71. The lowest BCUT2D eigenvalue weighted by Crippen LogP contribution is -2.60. The van der Waals surface area contributed by atoms with Gasteiger partial charge >= 0.3 is 0 Å². The maximum Gasteiger partial charge on any atom is 0.247 e. The number of benzene rings is 1. The topological polar surface area (TPSA) is 49.3 Å². The van der Waals surface area contributed by atoms with Gasteiger partial charge < -0.3 is 10.4 Å². The Morgan fingerprint density at radius 3 is 2.35 bits per heavy atom. The molecule has 0 heterocycles. The zero-order valence-corrected chi connectivity index (χ0v) is 23.0. The van der Waals surface area contributed by atoms with E-state index >= 15 is 0 Å². The number of aliphatic hydroxyl groups excluding tert-OH is 1. The fourth-order valence-corrected chi connectivity index (χ4v) is 7.14. The zero-order valence-electron chi connectivity index (χ0n) is 23.0. The highest BCUT2D eigenvalue weighted by Gasteiger charge is 2.51. The van der Waals surface area contributed by atoms with Crippen LogP contribution in [0.1, 0.15) is 84.1 Å². The Kier molecular flexibility index (Phi) is 9.49. The number of carbonyl (C=O) groups excluding carboxylic acids is 1. The molecule has 0 aromatic heterocycles. The van der Waals surface area contributed by atoms with E-state index in [-0.39, 0.29) is 17.4 Å². The van der Waals surface area contributed by atoms with Crippen LogP contribution in [-0.4, -0.2) is 22.7 Å².